The van der Waals surface area contributed by atoms with Gasteiger partial charge in [0.2, 0.25) is 35.4 Å². The fourth-order valence-electron chi connectivity index (χ4n) is 9.58. The van der Waals surface area contributed by atoms with Gasteiger partial charge in [-0.1, -0.05) is 6.92 Å². The number of nitrogens with one attached hydrogen (secondary N) is 6. The summed E-state index contributed by atoms with van der Waals surface area (Å²) in [6.45, 7) is 0.539. The van der Waals surface area contributed by atoms with Crippen LogP contribution in [0.2, 0.25) is 0 Å². The molecule has 0 aromatic carbocycles. The van der Waals surface area contributed by atoms with E-state index in [1.807, 2.05) is 0 Å². The first-order valence-electron chi connectivity index (χ1n) is 32.9. The van der Waals surface area contributed by atoms with E-state index in [0.29, 0.717) is 57.8 Å². The number of ether oxygens (including phenoxy) is 9. The van der Waals surface area contributed by atoms with Crippen molar-refractivity contribution in [2.45, 2.75) is 195 Å². The zero-order valence-corrected chi connectivity index (χ0v) is 58.7. The molecule has 6 amide bonds. The average molecular weight is 1530 g/mol. The van der Waals surface area contributed by atoms with E-state index < -0.39 is 141 Å². The summed E-state index contributed by atoms with van der Waals surface area (Å²) < 4.78 is 95.2. The molecule has 0 radical (unpaired) electrons. The van der Waals surface area contributed by atoms with E-state index in [0.717, 1.165) is 0 Å². The Morgan fingerprint density at radius 3 is 0.802 bits per heavy atom. The highest BCUT2D eigenvalue weighted by atomic mass is 31.2. The van der Waals surface area contributed by atoms with Crippen molar-refractivity contribution in [3.8, 4) is 0 Å². The average Bonchev–Trinajstić information content (AvgIpc) is 0.830. The number of unbranched alkanes of at least 4 members (excludes halogenated alkanes) is 3. The smallest absolute Gasteiger partial charge is 0.265 e. The Kier molecular flexibility index (Phi) is 44.1. The Bertz CT molecular complexity index is 2300. The molecule has 45 heteroatoms. The van der Waals surface area contributed by atoms with Crippen molar-refractivity contribution in [3.63, 3.8) is 0 Å². The van der Waals surface area contributed by atoms with E-state index in [4.69, 9.17) is 57.3 Å². The van der Waals surface area contributed by atoms with Crippen LogP contribution in [-0.4, -0.2) is 307 Å². The predicted octanol–water partition coefficient (Wildman–Crippen LogP) is -8.50. The third-order valence-corrected chi connectivity index (χ3v) is 16.6. The van der Waals surface area contributed by atoms with Gasteiger partial charge in [0, 0.05) is 103 Å². The van der Waals surface area contributed by atoms with E-state index in [9.17, 15) is 103 Å². The standard InChI is InChI=1S/C56H105N6O36P3/c1-56(32-87-26-14-41(66)60-20-8-17-57-38(63)11-2-5-23-90-53-50(75)47(72)44(69)35(96-53)29-93-99(78,79)80,33-88-27-15-42(67)61-21-9-18-58-39(64)12-3-6-24-91-54-51(76)48(73)45(70)36(97-54)30-94-100(81,82)83)34-89-28-16-43(68)62-22-10-19-59-40(65)13-4-7-25-92-55-52(77)49(74)46(71)37(98-55)31-95-101(84,85)86/h35-37,44-55,69-77H,2-34H2,1H3,(H,57,63)(H,58,64)(H,59,65)(H,60,66)(H,61,67)(H,62,68)(H2,78,79,80)(H2,81,82,83)(H2,84,85,86)/p-3. The highest BCUT2D eigenvalue weighted by Gasteiger charge is 2.47. The molecule has 3 aliphatic heterocycles. The molecule has 3 heterocycles. The third-order valence-electron chi connectivity index (χ3n) is 15.2. The lowest BCUT2D eigenvalue weighted by atomic mass is 9.94. The Labute approximate surface area is 582 Å². The Balaban J connectivity index is 1.33. The highest BCUT2D eigenvalue weighted by molar-refractivity contribution is 7.45. The molecule has 3 rings (SSSR count). The molecule has 0 spiro atoms. The lowest BCUT2D eigenvalue weighted by Crippen LogP contribution is -2.59. The number of hydrogen-bond donors (Lipinski definition) is 18. The van der Waals surface area contributed by atoms with Crippen molar-refractivity contribution in [3.05, 3.63) is 0 Å². The summed E-state index contributed by atoms with van der Waals surface area (Å²) in [5, 5.41) is 107. The second-order valence-electron chi connectivity index (χ2n) is 24.2. The van der Waals surface area contributed by atoms with Gasteiger partial charge in [-0.15, -0.1) is 0 Å². The van der Waals surface area contributed by atoms with E-state index in [-0.39, 0.29) is 173 Å². The number of hydrogen-bond acceptors (Lipinski definition) is 33. The molecular weight excluding hydrogens is 1430 g/mol. The summed E-state index contributed by atoms with van der Waals surface area (Å²) in [6.07, 6.45) is -21.1. The SMILES string of the molecule is CC(COCCC(=O)NCCCNC(=O)CCCCOC1OC(COP(=O)([O-])O)C(O)C(O)C1O)(COCCC(=O)NCCCNC(=O)CCCCOC1OC(COP(=O)([O-])O)C(O)C(O)C1O)COCCC(=O)NCCCNC(=O)CCCCOC1OC(COP(=O)([O-])O)C(O)C(O)C1O. The maximum absolute atomic E-state index is 12.7. The van der Waals surface area contributed by atoms with E-state index in [1.165, 1.54) is 0 Å². The number of carbonyl (C=O) groups excluding carboxylic acids is 6. The lowest BCUT2D eigenvalue weighted by Gasteiger charge is -2.40. The van der Waals surface area contributed by atoms with Crippen LogP contribution in [0.1, 0.15) is 103 Å². The van der Waals surface area contributed by atoms with Crippen molar-refractivity contribution in [2.24, 2.45) is 5.41 Å². The van der Waals surface area contributed by atoms with Gasteiger partial charge in [-0.2, -0.15) is 0 Å². The summed E-state index contributed by atoms with van der Waals surface area (Å²) >= 11 is 0. The first kappa shape index (κ1) is 91.6. The molecule has 3 saturated heterocycles. The third kappa shape index (κ3) is 40.1. The molecule has 0 bridgehead atoms. The topological polar surface area (TPSA) is 649 Å². The largest absolute Gasteiger partial charge is 0.756 e. The van der Waals surface area contributed by atoms with Crippen LogP contribution in [0.25, 0.3) is 0 Å². The molecule has 0 aliphatic carbocycles. The minimum atomic E-state index is -5.17. The van der Waals surface area contributed by atoms with Crippen molar-refractivity contribution in [1.82, 2.24) is 31.9 Å². The van der Waals surface area contributed by atoms with Crippen molar-refractivity contribution >= 4 is 58.9 Å². The molecule has 0 aromatic rings. The minimum Gasteiger partial charge on any atom is -0.756 e. The van der Waals surface area contributed by atoms with Crippen LogP contribution in [0.4, 0.5) is 0 Å². The van der Waals surface area contributed by atoms with Gasteiger partial charge in [0.1, 0.15) is 73.2 Å². The van der Waals surface area contributed by atoms with Gasteiger partial charge in [0.05, 0.1) is 59.5 Å². The first-order chi connectivity index (χ1) is 47.6. The molecular formula is C56H102N6O36P3-3. The summed E-state index contributed by atoms with van der Waals surface area (Å²) in [4.78, 5) is 134. The summed E-state index contributed by atoms with van der Waals surface area (Å²) in [5.41, 5.74) is -0.840. The van der Waals surface area contributed by atoms with Crippen LogP contribution < -0.4 is 46.6 Å². The van der Waals surface area contributed by atoms with Gasteiger partial charge in [-0.05, 0) is 57.8 Å². The molecule has 18 N–H and O–H groups in total. The van der Waals surface area contributed by atoms with Gasteiger partial charge in [-0.25, -0.2) is 0 Å². The maximum atomic E-state index is 12.7. The predicted molar refractivity (Wildman–Crippen MR) is 333 cm³/mol. The van der Waals surface area contributed by atoms with E-state index in [2.05, 4.69) is 45.5 Å². The second-order valence-corrected chi connectivity index (χ2v) is 27.8. The Morgan fingerprint density at radius 1 is 0.347 bits per heavy atom. The molecule has 101 heavy (non-hydrogen) atoms. The molecule has 3 aliphatic rings. The molecule has 3 fully saturated rings. The number of rotatable bonds is 54. The van der Waals surface area contributed by atoms with Crippen LogP contribution in [0, 0.1) is 5.41 Å². The Morgan fingerprint density at radius 2 is 0.574 bits per heavy atom. The summed E-state index contributed by atoms with van der Waals surface area (Å²) in [7, 11) is -15.5. The maximum Gasteiger partial charge on any atom is 0.265 e. The zero-order valence-electron chi connectivity index (χ0n) is 56.0. The number of amides is 6. The van der Waals surface area contributed by atoms with Gasteiger partial charge >= 0.3 is 0 Å². The number of carbonyl (C=O) groups is 6. The van der Waals surface area contributed by atoms with Crippen LogP contribution in [-0.2, 0) is 98.7 Å². The minimum absolute atomic E-state index is 0.00643. The van der Waals surface area contributed by atoms with Crippen LogP contribution in [0.3, 0.4) is 0 Å². The fourth-order valence-corrected chi connectivity index (χ4v) is 10.6. The number of aliphatic hydroxyl groups excluding tert-OH is 9. The van der Waals surface area contributed by atoms with E-state index in [1.54, 1.807) is 6.92 Å². The first-order valence-corrected chi connectivity index (χ1v) is 37.4. The van der Waals surface area contributed by atoms with Gasteiger partial charge < -0.3 is 163 Å². The van der Waals surface area contributed by atoms with Crippen molar-refractivity contribution in [1.29, 1.82) is 0 Å². The number of phosphoric ester groups is 3. The normalized spacial score (nSPS) is 27.7. The molecule has 18 unspecified atom stereocenters. The molecule has 0 aromatic heterocycles. The number of aliphatic hydroxyl groups is 9. The van der Waals surface area contributed by atoms with Crippen LogP contribution >= 0.6 is 23.5 Å². The van der Waals surface area contributed by atoms with Gasteiger partial charge in [0.15, 0.2) is 18.9 Å². The zero-order chi connectivity index (χ0) is 75.2. The van der Waals surface area contributed by atoms with Crippen molar-refractivity contribution < 1.29 is 174 Å². The molecule has 18 atom stereocenters. The monoisotopic (exact) mass is 1530 g/mol. The number of phosphoric acid groups is 3. The molecule has 590 valence electrons. The van der Waals surface area contributed by atoms with E-state index >= 15 is 0 Å². The second kappa shape index (κ2) is 48.6. The van der Waals surface area contributed by atoms with Crippen molar-refractivity contribution in [2.75, 3.05) is 119 Å². The van der Waals surface area contributed by atoms with Gasteiger partial charge in [-0.3, -0.25) is 42.5 Å². The highest BCUT2D eigenvalue weighted by Crippen LogP contribution is 2.35. The van der Waals surface area contributed by atoms with Crippen LogP contribution in [0.15, 0.2) is 0 Å². The molecule has 0 saturated carbocycles. The fraction of sp³-hybridized carbons (Fsp3) is 0.893. The quantitative estimate of drug-likeness (QED) is 0.0199. The summed E-state index contributed by atoms with van der Waals surface area (Å²) in [5.74, 6) is -1.88. The molecule has 42 nitrogen and oxygen atoms in total. The summed E-state index contributed by atoms with van der Waals surface area (Å²) in [6, 6.07) is 0. The van der Waals surface area contributed by atoms with Crippen LogP contribution in [0.5, 0.6) is 0 Å². The Hall–Kier alpha value is -3.57. The van der Waals surface area contributed by atoms with Gasteiger partial charge in [0.25, 0.3) is 23.5 Å². The lowest BCUT2D eigenvalue weighted by molar-refractivity contribution is -0.303.